The third kappa shape index (κ3) is 6.61. The van der Waals surface area contributed by atoms with E-state index >= 15 is 0 Å². The molecule has 194 valence electrons. The van der Waals surface area contributed by atoms with E-state index in [-0.39, 0.29) is 4.90 Å². The number of nitro benzene ring substituents is 1. The van der Waals surface area contributed by atoms with Crippen LogP contribution in [0.5, 0.6) is 0 Å². The molecule has 1 heterocycles. The van der Waals surface area contributed by atoms with Gasteiger partial charge >= 0.3 is 18.2 Å². The Balaban J connectivity index is 2.76. The minimum atomic E-state index is -3.40. The van der Waals surface area contributed by atoms with Crippen LogP contribution in [0.15, 0.2) is 23.2 Å². The van der Waals surface area contributed by atoms with Crippen molar-refractivity contribution in [1.82, 2.24) is 4.90 Å². The number of ether oxygens (including phenoxy) is 3. The maximum absolute atomic E-state index is 14.8. The lowest BCUT2D eigenvalue weighted by atomic mass is 9.84. The fraction of sp³-hybridized carbons (Fsp3) is 0.591. The van der Waals surface area contributed by atoms with E-state index in [2.05, 4.69) is 4.99 Å². The van der Waals surface area contributed by atoms with Crippen molar-refractivity contribution < 1.29 is 41.9 Å². The van der Waals surface area contributed by atoms with Gasteiger partial charge in [-0.1, -0.05) is 0 Å². The van der Waals surface area contributed by atoms with Gasteiger partial charge in [-0.15, -0.1) is 4.90 Å². The highest BCUT2D eigenvalue weighted by Gasteiger charge is 2.51. The Morgan fingerprint density at radius 2 is 1.69 bits per heavy atom. The van der Waals surface area contributed by atoms with Gasteiger partial charge in [-0.25, -0.2) is 27.8 Å². The lowest BCUT2D eigenvalue weighted by Gasteiger charge is -2.38. The predicted octanol–water partition coefficient (Wildman–Crippen LogP) is 5.53. The first-order valence-electron chi connectivity index (χ1n) is 10.6. The summed E-state index contributed by atoms with van der Waals surface area (Å²) in [6, 6.07) is 1.22. The maximum atomic E-state index is 14.8. The van der Waals surface area contributed by atoms with E-state index in [0.29, 0.717) is 12.1 Å². The minimum absolute atomic E-state index is 0.207. The number of aliphatic imine (C=N–C) groups is 1. The van der Waals surface area contributed by atoms with Crippen molar-refractivity contribution in [3.05, 3.63) is 39.7 Å². The summed E-state index contributed by atoms with van der Waals surface area (Å²) in [4.78, 5) is 40.2. The molecule has 0 radical (unpaired) electrons. The zero-order valence-electron chi connectivity index (χ0n) is 20.4. The number of amides is 2. The molecule has 0 aliphatic carbocycles. The summed E-state index contributed by atoms with van der Waals surface area (Å²) in [5, 5.41) is 11.2. The van der Waals surface area contributed by atoms with Crippen LogP contribution in [0.4, 0.5) is 28.4 Å². The highest BCUT2D eigenvalue weighted by atomic mass is 19.3. The number of rotatable bonds is 3. The van der Waals surface area contributed by atoms with Gasteiger partial charge in [-0.3, -0.25) is 10.1 Å². The Bertz CT molecular complexity index is 1010. The molecular formula is C22H28F3N3O7. The third-order valence-corrected chi connectivity index (χ3v) is 4.53. The standard InChI is InChI=1S/C22H28F3N3O7/c1-12-11-22(16(24)25,14-10-13(28(31)32)8-9-15(14)23)26-17(33-12)27(18(29)34-20(2,3)4)19(30)35-21(5,6)7/h8-10,12,16H,11H2,1-7H3/t12-,22+/m1/s1. The SMILES string of the molecule is C[C@@H]1C[C@](c2cc([N+](=O)[O-])ccc2F)(C(F)F)N=C(N(C(=O)OC(C)(C)C)C(=O)OC(C)(C)C)O1. The molecule has 0 spiro atoms. The molecule has 35 heavy (non-hydrogen) atoms. The second-order valence-corrected chi connectivity index (χ2v) is 9.97. The van der Waals surface area contributed by atoms with E-state index in [1.165, 1.54) is 48.5 Å². The Labute approximate surface area is 200 Å². The number of imide groups is 1. The first kappa shape index (κ1) is 27.9. The summed E-state index contributed by atoms with van der Waals surface area (Å²) in [6.45, 7) is 10.4. The molecule has 0 unspecified atom stereocenters. The van der Waals surface area contributed by atoms with E-state index in [9.17, 15) is 32.9 Å². The number of carbonyl (C=O) groups excluding carboxylic acids is 2. The normalized spacial score (nSPS) is 20.5. The lowest BCUT2D eigenvalue weighted by Crippen LogP contribution is -2.53. The summed E-state index contributed by atoms with van der Waals surface area (Å²) in [5.74, 6) is -1.19. The van der Waals surface area contributed by atoms with E-state index in [1.54, 1.807) is 0 Å². The average Bonchev–Trinajstić information content (AvgIpc) is 2.64. The third-order valence-electron chi connectivity index (χ3n) is 4.53. The first-order valence-corrected chi connectivity index (χ1v) is 10.6. The smallest absolute Gasteiger partial charge is 0.428 e. The van der Waals surface area contributed by atoms with Crippen LogP contribution in [-0.4, -0.2) is 51.8 Å². The molecule has 0 saturated heterocycles. The number of amidine groups is 1. The van der Waals surface area contributed by atoms with Crippen molar-refractivity contribution in [2.45, 2.75) is 84.2 Å². The molecule has 2 atom stereocenters. The number of hydrogen-bond acceptors (Lipinski definition) is 8. The van der Waals surface area contributed by atoms with Gasteiger partial charge < -0.3 is 14.2 Å². The molecule has 1 aliphatic heterocycles. The summed E-state index contributed by atoms with van der Waals surface area (Å²) in [6.07, 6.45) is -7.80. The van der Waals surface area contributed by atoms with Crippen LogP contribution in [0.2, 0.25) is 0 Å². The highest BCUT2D eigenvalue weighted by Crippen LogP contribution is 2.43. The van der Waals surface area contributed by atoms with Crippen LogP contribution < -0.4 is 0 Å². The molecule has 2 rings (SSSR count). The molecule has 0 bridgehead atoms. The molecular weight excluding hydrogens is 475 g/mol. The summed E-state index contributed by atoms with van der Waals surface area (Å²) in [5.41, 5.74) is -6.37. The number of halogens is 3. The van der Waals surface area contributed by atoms with Crippen molar-refractivity contribution in [2.75, 3.05) is 0 Å². The summed E-state index contributed by atoms with van der Waals surface area (Å²) >= 11 is 0. The van der Waals surface area contributed by atoms with Crippen molar-refractivity contribution >= 4 is 23.9 Å². The van der Waals surface area contributed by atoms with Crippen LogP contribution in [-0.2, 0) is 19.7 Å². The number of hydrogen-bond donors (Lipinski definition) is 0. The molecule has 1 aliphatic rings. The number of benzene rings is 1. The van der Waals surface area contributed by atoms with Crippen molar-refractivity contribution in [2.24, 2.45) is 4.99 Å². The van der Waals surface area contributed by atoms with Crippen LogP contribution in [0.3, 0.4) is 0 Å². The monoisotopic (exact) mass is 503 g/mol. The van der Waals surface area contributed by atoms with Gasteiger partial charge in [0.1, 0.15) is 23.1 Å². The van der Waals surface area contributed by atoms with E-state index in [1.807, 2.05) is 0 Å². The molecule has 13 heteroatoms. The van der Waals surface area contributed by atoms with Crippen molar-refractivity contribution in [3.8, 4) is 0 Å². The number of nitrogens with zero attached hydrogens (tertiary/aromatic N) is 3. The average molecular weight is 503 g/mol. The van der Waals surface area contributed by atoms with E-state index in [4.69, 9.17) is 14.2 Å². The first-order chi connectivity index (χ1) is 15.9. The number of alkyl halides is 2. The fourth-order valence-corrected chi connectivity index (χ4v) is 3.24. The predicted molar refractivity (Wildman–Crippen MR) is 118 cm³/mol. The van der Waals surface area contributed by atoms with Gasteiger partial charge in [0.25, 0.3) is 12.1 Å². The van der Waals surface area contributed by atoms with Crippen molar-refractivity contribution in [3.63, 3.8) is 0 Å². The Morgan fingerprint density at radius 3 is 2.11 bits per heavy atom. The van der Waals surface area contributed by atoms with Crippen LogP contribution in [0, 0.1) is 15.9 Å². The molecule has 2 amide bonds. The van der Waals surface area contributed by atoms with E-state index < -0.39 is 75.9 Å². The molecule has 1 aromatic rings. The highest BCUT2D eigenvalue weighted by molar-refractivity contribution is 6.06. The number of nitro groups is 1. The lowest BCUT2D eigenvalue weighted by molar-refractivity contribution is -0.385. The number of carbonyl (C=O) groups is 2. The van der Waals surface area contributed by atoms with Gasteiger partial charge in [0, 0.05) is 24.1 Å². The van der Waals surface area contributed by atoms with Crippen molar-refractivity contribution in [1.29, 1.82) is 0 Å². The Morgan fingerprint density at radius 1 is 1.17 bits per heavy atom. The molecule has 10 nitrogen and oxygen atoms in total. The second kappa shape index (κ2) is 9.70. The van der Waals surface area contributed by atoms with Gasteiger partial charge in [-0.2, -0.15) is 0 Å². The Kier molecular flexibility index (Phi) is 7.72. The maximum Gasteiger partial charge on any atom is 0.428 e. The van der Waals surface area contributed by atoms with Crippen LogP contribution in [0.25, 0.3) is 0 Å². The molecule has 0 N–H and O–H groups in total. The molecule has 0 aromatic heterocycles. The topological polar surface area (TPSA) is 121 Å². The van der Waals surface area contributed by atoms with Gasteiger partial charge in [-0.05, 0) is 54.5 Å². The second-order valence-electron chi connectivity index (χ2n) is 9.97. The molecule has 1 aromatic carbocycles. The van der Waals surface area contributed by atoms with Gasteiger partial charge in [0.2, 0.25) is 0 Å². The fourth-order valence-electron chi connectivity index (χ4n) is 3.24. The minimum Gasteiger partial charge on any atom is -0.461 e. The molecule has 0 saturated carbocycles. The van der Waals surface area contributed by atoms with Gasteiger partial charge in [0.05, 0.1) is 4.92 Å². The van der Waals surface area contributed by atoms with Crippen LogP contribution >= 0.6 is 0 Å². The Hall–Kier alpha value is -3.38. The summed E-state index contributed by atoms with van der Waals surface area (Å²) < 4.78 is 59.8. The zero-order valence-corrected chi connectivity index (χ0v) is 20.4. The quantitative estimate of drug-likeness (QED) is 0.393. The number of non-ortho nitro benzene ring substituents is 1. The summed E-state index contributed by atoms with van der Waals surface area (Å²) in [7, 11) is 0. The zero-order chi connectivity index (χ0) is 26.9. The largest absolute Gasteiger partial charge is 0.461 e. The van der Waals surface area contributed by atoms with Gasteiger partial charge in [0.15, 0.2) is 5.54 Å². The van der Waals surface area contributed by atoms with Crippen LogP contribution in [0.1, 0.15) is 60.5 Å². The van der Waals surface area contributed by atoms with E-state index in [0.717, 1.165) is 6.07 Å². The molecule has 0 fully saturated rings.